The van der Waals surface area contributed by atoms with Crippen LogP contribution in [0.5, 0.6) is 17.2 Å². The molecule has 1 fully saturated rings. The van der Waals surface area contributed by atoms with E-state index < -0.39 is 6.10 Å². The average Bonchev–Trinajstić information content (AvgIpc) is 3.38. The molecule has 2 aromatic carbocycles. The molecule has 2 N–H and O–H groups in total. The van der Waals surface area contributed by atoms with E-state index in [0.717, 1.165) is 53.7 Å². The van der Waals surface area contributed by atoms with E-state index in [2.05, 4.69) is 15.2 Å². The van der Waals surface area contributed by atoms with E-state index in [1.807, 2.05) is 30.3 Å². The molecule has 0 bridgehead atoms. The molecule has 2 aliphatic heterocycles. The van der Waals surface area contributed by atoms with Crippen LogP contribution in [-0.4, -0.2) is 66.6 Å². The van der Waals surface area contributed by atoms with Gasteiger partial charge in [-0.15, -0.1) is 0 Å². The van der Waals surface area contributed by atoms with Crippen molar-refractivity contribution in [2.45, 2.75) is 31.5 Å². The van der Waals surface area contributed by atoms with E-state index in [1.54, 1.807) is 19.4 Å². The second-order valence-electron chi connectivity index (χ2n) is 9.03. The van der Waals surface area contributed by atoms with Gasteiger partial charge < -0.3 is 29.5 Å². The molecule has 1 atom stereocenters. The molecule has 1 saturated heterocycles. The summed E-state index contributed by atoms with van der Waals surface area (Å²) in [6.07, 6.45) is 2.98. The minimum atomic E-state index is -0.625. The van der Waals surface area contributed by atoms with Gasteiger partial charge in [0.2, 0.25) is 6.79 Å². The van der Waals surface area contributed by atoms with Crippen molar-refractivity contribution >= 4 is 16.6 Å². The second-order valence-corrected chi connectivity index (χ2v) is 9.03. The number of β-amino-alcohol motifs (C(OH)–C–C–N with tert-alkyl or cyclic N) is 1. The topological polar surface area (TPSA) is 105 Å². The molecule has 190 valence electrons. The molecule has 0 spiro atoms. The summed E-state index contributed by atoms with van der Waals surface area (Å²) in [5, 5.41) is 15.5. The number of aliphatic hydroxyl groups is 1. The zero-order valence-corrected chi connectivity index (χ0v) is 20.5. The van der Waals surface area contributed by atoms with Crippen LogP contribution in [0, 0.1) is 4.91 Å². The number of rotatable bonds is 9. The Morgan fingerprint density at radius 3 is 2.69 bits per heavy atom. The van der Waals surface area contributed by atoms with Gasteiger partial charge in [0.05, 0.1) is 35.3 Å². The van der Waals surface area contributed by atoms with Crippen molar-refractivity contribution in [1.82, 2.24) is 15.2 Å². The number of nitrogens with one attached hydrogen (secondary N) is 1. The fourth-order valence-electron chi connectivity index (χ4n) is 4.86. The largest absolute Gasteiger partial charge is 0.497 e. The van der Waals surface area contributed by atoms with Crippen LogP contribution in [-0.2, 0) is 11.4 Å². The summed E-state index contributed by atoms with van der Waals surface area (Å²) in [6.45, 7) is 2.92. The maximum Gasteiger partial charge on any atom is 0.325 e. The van der Waals surface area contributed by atoms with Gasteiger partial charge in [-0.2, -0.15) is 0 Å². The maximum atomic E-state index is 12.2. The van der Waals surface area contributed by atoms with E-state index >= 15 is 0 Å². The standard InChI is InChI=1S/C26H31N4O6/c1-33-19-3-4-22-21(12-19)20(5-8-27-22)24(31)15-29-9-6-18(7-10-29)28-14-17-11-25-26(36-16-35-25)13-23(17)30(32)34-2/h3-5,8,11-13,18,24,28,31H,6-7,9-10,14-16H2,1-2H3/q+1. The quantitative estimate of drug-likeness (QED) is 0.433. The monoisotopic (exact) mass is 495 g/mol. The predicted molar refractivity (Wildman–Crippen MR) is 132 cm³/mol. The lowest BCUT2D eigenvalue weighted by molar-refractivity contribution is -0.737. The number of piperidine rings is 1. The third kappa shape index (κ3) is 5.06. The highest BCUT2D eigenvalue weighted by Crippen LogP contribution is 2.38. The molecule has 10 nitrogen and oxygen atoms in total. The normalized spacial score (nSPS) is 16.8. The molecule has 0 radical (unpaired) electrons. The third-order valence-electron chi connectivity index (χ3n) is 6.88. The lowest BCUT2D eigenvalue weighted by atomic mass is 10.0. The van der Waals surface area contributed by atoms with Gasteiger partial charge in [0.15, 0.2) is 18.6 Å². The molecule has 0 aliphatic carbocycles. The number of methoxy groups -OCH3 is 1. The van der Waals surface area contributed by atoms with Crippen molar-refractivity contribution in [2.24, 2.45) is 0 Å². The Morgan fingerprint density at radius 2 is 1.94 bits per heavy atom. The van der Waals surface area contributed by atoms with Gasteiger partial charge >= 0.3 is 5.69 Å². The number of fused-ring (bicyclic) bond motifs is 2. The van der Waals surface area contributed by atoms with Gasteiger partial charge in [-0.25, -0.2) is 4.84 Å². The summed E-state index contributed by atoms with van der Waals surface area (Å²) in [5.41, 5.74) is 2.88. The maximum absolute atomic E-state index is 12.2. The van der Waals surface area contributed by atoms with Gasteiger partial charge in [0, 0.05) is 30.7 Å². The Bertz CT molecular complexity index is 1240. The van der Waals surface area contributed by atoms with Crippen LogP contribution in [0.15, 0.2) is 42.6 Å². The molecular weight excluding hydrogens is 464 g/mol. The van der Waals surface area contributed by atoms with Gasteiger partial charge in [-0.05, 0) is 61.8 Å². The van der Waals surface area contributed by atoms with Crippen LogP contribution in [0.2, 0.25) is 0 Å². The van der Waals surface area contributed by atoms with E-state index in [4.69, 9.17) is 19.0 Å². The first-order valence-corrected chi connectivity index (χ1v) is 12.1. The first-order valence-electron chi connectivity index (χ1n) is 12.1. The van der Waals surface area contributed by atoms with Crippen LogP contribution < -0.4 is 19.5 Å². The summed E-state index contributed by atoms with van der Waals surface area (Å²) in [6, 6.07) is 11.4. The molecule has 1 unspecified atom stereocenters. The van der Waals surface area contributed by atoms with E-state index in [9.17, 15) is 10.0 Å². The van der Waals surface area contributed by atoms with E-state index in [0.29, 0.717) is 41.2 Å². The first kappa shape index (κ1) is 24.2. The molecular formula is C26H31N4O6+. The van der Waals surface area contributed by atoms with E-state index in [1.165, 1.54) is 7.11 Å². The van der Waals surface area contributed by atoms with Crippen LogP contribution >= 0.6 is 0 Å². The molecule has 0 amide bonds. The summed E-state index contributed by atoms with van der Waals surface area (Å²) in [5.74, 6) is 1.91. The van der Waals surface area contributed by atoms with Crippen molar-refractivity contribution in [3.63, 3.8) is 0 Å². The third-order valence-corrected chi connectivity index (χ3v) is 6.88. The second kappa shape index (κ2) is 10.7. The Hall–Kier alpha value is -3.47. The number of hydrogen-bond acceptors (Lipinski definition) is 9. The number of ether oxygens (including phenoxy) is 3. The molecule has 36 heavy (non-hydrogen) atoms. The molecule has 5 rings (SSSR count). The van der Waals surface area contributed by atoms with Gasteiger partial charge in [0.1, 0.15) is 5.75 Å². The number of nitrogens with zero attached hydrogens (tertiary/aromatic N) is 3. The van der Waals surface area contributed by atoms with Crippen molar-refractivity contribution in [1.29, 1.82) is 0 Å². The molecule has 10 heteroatoms. The highest BCUT2D eigenvalue weighted by molar-refractivity contribution is 5.83. The summed E-state index contributed by atoms with van der Waals surface area (Å²) >= 11 is 0. The Kier molecular flexibility index (Phi) is 7.17. The number of hydrogen-bond donors (Lipinski definition) is 2. The van der Waals surface area contributed by atoms with Gasteiger partial charge in [0.25, 0.3) is 4.92 Å². The highest BCUT2D eigenvalue weighted by atomic mass is 16.8. The number of pyridine rings is 1. The minimum absolute atomic E-state index is 0.143. The van der Waals surface area contributed by atoms with Crippen molar-refractivity contribution < 1.29 is 29.1 Å². The minimum Gasteiger partial charge on any atom is -0.497 e. The van der Waals surface area contributed by atoms with Crippen molar-refractivity contribution in [3.8, 4) is 17.2 Å². The predicted octanol–water partition coefficient (Wildman–Crippen LogP) is 3.23. The van der Waals surface area contributed by atoms with Crippen LogP contribution in [0.4, 0.5) is 5.69 Å². The summed E-state index contributed by atoms with van der Waals surface area (Å²) in [7, 11) is 2.97. The van der Waals surface area contributed by atoms with E-state index in [-0.39, 0.29) is 6.79 Å². The summed E-state index contributed by atoms with van der Waals surface area (Å²) in [4.78, 5) is 24.2. The lowest BCUT2D eigenvalue weighted by Crippen LogP contribution is -2.43. The van der Waals surface area contributed by atoms with Gasteiger partial charge in [-0.1, -0.05) is 0 Å². The smallest absolute Gasteiger partial charge is 0.325 e. The number of aromatic nitrogens is 1. The molecule has 3 aromatic rings. The average molecular weight is 496 g/mol. The lowest BCUT2D eigenvalue weighted by Gasteiger charge is -2.33. The van der Waals surface area contributed by atoms with Crippen molar-refractivity contribution in [3.05, 3.63) is 58.6 Å². The molecule has 0 saturated carbocycles. The Balaban J connectivity index is 1.18. The number of aliphatic hydroxyl groups excluding tert-OH is 1. The Morgan fingerprint density at radius 1 is 1.17 bits per heavy atom. The van der Waals surface area contributed by atoms with Crippen LogP contribution in [0.25, 0.3) is 10.9 Å². The fourth-order valence-corrected chi connectivity index (χ4v) is 4.86. The zero-order chi connectivity index (χ0) is 25.1. The van der Waals surface area contributed by atoms with Gasteiger partial charge in [-0.3, -0.25) is 4.98 Å². The molecule has 3 heterocycles. The molecule has 1 aromatic heterocycles. The summed E-state index contributed by atoms with van der Waals surface area (Å²) < 4.78 is 16.2. The number of benzene rings is 2. The first-order chi connectivity index (χ1) is 17.6. The number of likely N-dealkylation sites (tertiary alicyclic amines) is 1. The Labute approximate surface area is 209 Å². The zero-order valence-electron chi connectivity index (χ0n) is 20.5. The van der Waals surface area contributed by atoms with Crippen LogP contribution in [0.1, 0.15) is 30.1 Å². The SMILES string of the molecule is COc1ccc2nccc(C(O)CN3CCC(NCc4cc5c(cc4[N+](=O)OC)OCO5)CC3)c2c1. The van der Waals surface area contributed by atoms with Crippen molar-refractivity contribution in [2.75, 3.05) is 40.6 Å². The molecule has 2 aliphatic rings. The highest BCUT2D eigenvalue weighted by Gasteiger charge is 2.28. The fraction of sp³-hybridized carbons (Fsp3) is 0.423. The van der Waals surface area contributed by atoms with Crippen LogP contribution in [0.3, 0.4) is 0 Å².